The summed E-state index contributed by atoms with van der Waals surface area (Å²) in [6.45, 7) is 0.438. The molecule has 1 aromatic heterocycles. The molecule has 3 rings (SSSR count). The van der Waals surface area contributed by atoms with Gasteiger partial charge in [0.05, 0.1) is 11.3 Å². The first-order chi connectivity index (χ1) is 9.84. The molecule has 0 fully saturated rings. The molecule has 1 aliphatic carbocycles. The molecule has 0 N–H and O–H groups in total. The molecule has 2 aromatic rings. The number of nitrogens with zero attached hydrogens (tertiary/aromatic N) is 1. The van der Waals surface area contributed by atoms with E-state index < -0.39 is 0 Å². The number of carbonyl (C=O) groups excluding carboxylic acids is 1. The number of hydrogen-bond donors (Lipinski definition) is 0. The van der Waals surface area contributed by atoms with Gasteiger partial charge in [-0.1, -0.05) is 53.8 Å². The highest BCUT2D eigenvalue weighted by molar-refractivity contribution is 7.07. The molecule has 1 heterocycles. The minimum Gasteiger partial charge on any atom is -1.00 e. The first-order valence-electron chi connectivity index (χ1n) is 7.05. The van der Waals surface area contributed by atoms with Crippen LogP contribution in [-0.2, 0) is 6.54 Å². The molecule has 4 heteroatoms. The predicted octanol–water partition coefficient (Wildman–Crippen LogP) is 0.746. The van der Waals surface area contributed by atoms with Crippen molar-refractivity contribution in [3.63, 3.8) is 0 Å². The monoisotopic (exact) mass is 363 g/mol. The lowest BCUT2D eigenvalue weighted by Gasteiger charge is -2.12. The Labute approximate surface area is 139 Å². The van der Waals surface area contributed by atoms with Crippen LogP contribution in [0, 0.1) is 0 Å². The summed E-state index contributed by atoms with van der Waals surface area (Å²) in [7, 11) is 0. The SMILES string of the molecule is O=C(C[n+]1cscc1C1C=CCCC1)c1ccccc1.[Br-]. The van der Waals surface area contributed by atoms with Crippen molar-refractivity contribution >= 4 is 17.1 Å². The van der Waals surface area contributed by atoms with Gasteiger partial charge in [-0.2, -0.15) is 4.57 Å². The van der Waals surface area contributed by atoms with Crippen molar-refractivity contribution in [3.05, 3.63) is 64.6 Å². The predicted molar refractivity (Wildman–Crippen MR) is 81.0 cm³/mol. The van der Waals surface area contributed by atoms with E-state index in [1.807, 2.05) is 30.3 Å². The summed E-state index contributed by atoms with van der Waals surface area (Å²) < 4.78 is 2.11. The van der Waals surface area contributed by atoms with Crippen molar-refractivity contribution < 1.29 is 26.3 Å². The highest BCUT2D eigenvalue weighted by Crippen LogP contribution is 2.26. The average molecular weight is 364 g/mol. The first-order valence-corrected chi connectivity index (χ1v) is 7.99. The van der Waals surface area contributed by atoms with Crippen LogP contribution >= 0.6 is 11.3 Å². The number of hydrogen-bond acceptors (Lipinski definition) is 2. The second-order valence-corrected chi connectivity index (χ2v) is 5.89. The normalized spacial score (nSPS) is 17.2. The fourth-order valence-electron chi connectivity index (χ4n) is 2.66. The van der Waals surface area contributed by atoms with E-state index in [-0.39, 0.29) is 22.8 Å². The van der Waals surface area contributed by atoms with Crippen molar-refractivity contribution in [3.8, 4) is 0 Å². The Morgan fingerprint density at radius 3 is 2.81 bits per heavy atom. The maximum absolute atomic E-state index is 12.3. The number of benzene rings is 1. The van der Waals surface area contributed by atoms with Crippen LogP contribution in [0.25, 0.3) is 0 Å². The summed E-state index contributed by atoms with van der Waals surface area (Å²) in [6.07, 6.45) is 8.16. The highest BCUT2D eigenvalue weighted by Gasteiger charge is 2.24. The quantitative estimate of drug-likeness (QED) is 0.446. The van der Waals surface area contributed by atoms with E-state index in [1.165, 1.54) is 25.0 Å². The van der Waals surface area contributed by atoms with E-state index >= 15 is 0 Å². The van der Waals surface area contributed by atoms with Gasteiger partial charge >= 0.3 is 0 Å². The molecular weight excluding hydrogens is 346 g/mol. The van der Waals surface area contributed by atoms with Gasteiger partial charge in [-0.25, -0.2) is 0 Å². The van der Waals surface area contributed by atoms with E-state index in [2.05, 4.69) is 27.6 Å². The molecule has 1 unspecified atom stereocenters. The van der Waals surface area contributed by atoms with Crippen LogP contribution in [0.3, 0.4) is 0 Å². The molecule has 21 heavy (non-hydrogen) atoms. The number of Topliss-reactive ketones (excluding diaryl/α,β-unsaturated/α-hetero) is 1. The maximum atomic E-state index is 12.3. The van der Waals surface area contributed by atoms with Gasteiger partial charge in [0.15, 0.2) is 5.69 Å². The summed E-state index contributed by atoms with van der Waals surface area (Å²) in [5.41, 5.74) is 4.12. The first kappa shape index (κ1) is 16.1. The van der Waals surface area contributed by atoms with Crippen molar-refractivity contribution in [2.24, 2.45) is 0 Å². The molecule has 0 spiro atoms. The van der Waals surface area contributed by atoms with Crippen molar-refractivity contribution in [2.75, 3.05) is 0 Å². The largest absolute Gasteiger partial charge is 1.00 e. The molecule has 0 saturated carbocycles. The minimum absolute atomic E-state index is 0. The Balaban J connectivity index is 0.00000161. The minimum atomic E-state index is 0. The van der Waals surface area contributed by atoms with Crippen LogP contribution in [0.5, 0.6) is 0 Å². The van der Waals surface area contributed by atoms with Crippen molar-refractivity contribution in [1.29, 1.82) is 0 Å². The van der Waals surface area contributed by atoms with Gasteiger partial charge in [0.2, 0.25) is 17.8 Å². The summed E-state index contributed by atoms with van der Waals surface area (Å²) in [6, 6.07) is 9.53. The van der Waals surface area contributed by atoms with Crippen molar-refractivity contribution in [1.82, 2.24) is 0 Å². The molecule has 0 bridgehead atoms. The van der Waals surface area contributed by atoms with Crippen LogP contribution in [0.15, 0.2) is 53.4 Å². The summed E-state index contributed by atoms with van der Waals surface area (Å²) in [5.74, 6) is 0.647. The molecule has 0 radical (unpaired) electrons. The lowest BCUT2D eigenvalue weighted by molar-refractivity contribution is -0.686. The zero-order valence-corrected chi connectivity index (χ0v) is 14.1. The third kappa shape index (κ3) is 3.89. The number of carbonyl (C=O) groups is 1. The Kier molecular flexibility index (Phi) is 5.88. The Hall–Kier alpha value is -1.26. The van der Waals surface area contributed by atoms with E-state index in [0.29, 0.717) is 12.5 Å². The molecular formula is C17H18BrNOS. The smallest absolute Gasteiger partial charge is 0.227 e. The van der Waals surface area contributed by atoms with Gasteiger partial charge < -0.3 is 17.0 Å². The lowest BCUT2D eigenvalue weighted by Crippen LogP contribution is -3.00. The van der Waals surface area contributed by atoms with Crippen molar-refractivity contribution in [2.45, 2.75) is 31.7 Å². The zero-order chi connectivity index (χ0) is 13.8. The van der Waals surface area contributed by atoms with E-state index in [0.717, 1.165) is 5.56 Å². The second-order valence-electron chi connectivity index (χ2n) is 5.17. The zero-order valence-electron chi connectivity index (χ0n) is 11.7. The fraction of sp³-hybridized carbons (Fsp3) is 0.294. The third-order valence-corrected chi connectivity index (χ3v) is 4.51. The number of ketones is 1. The number of halogens is 1. The fourth-order valence-corrected chi connectivity index (χ4v) is 3.51. The maximum Gasteiger partial charge on any atom is 0.227 e. The van der Waals surface area contributed by atoms with Gasteiger partial charge in [0.25, 0.3) is 0 Å². The molecule has 0 amide bonds. The Bertz CT molecular complexity index is 621. The molecule has 1 aromatic carbocycles. The standard InChI is InChI=1S/C17H18NOS.BrH/c19-17(15-9-5-2-6-10-15)11-18-13-20-12-16(18)14-7-3-1-4-8-14;/h2-3,5-7,9-10,12-14H,1,4,8,11H2;1H/q+1;/p-1. The molecule has 2 nitrogen and oxygen atoms in total. The molecule has 110 valence electrons. The summed E-state index contributed by atoms with van der Waals surface area (Å²) in [5, 5.41) is 2.18. The Morgan fingerprint density at radius 2 is 2.10 bits per heavy atom. The van der Waals surface area contributed by atoms with E-state index in [4.69, 9.17) is 0 Å². The number of allylic oxidation sites excluding steroid dienone is 2. The third-order valence-electron chi connectivity index (χ3n) is 3.75. The second kappa shape index (κ2) is 7.66. The number of thiazole rings is 1. The number of rotatable bonds is 4. The van der Waals surface area contributed by atoms with Gasteiger partial charge in [0, 0.05) is 5.56 Å². The van der Waals surface area contributed by atoms with Gasteiger partial charge in [0.1, 0.15) is 0 Å². The van der Waals surface area contributed by atoms with Gasteiger partial charge in [-0.15, -0.1) is 0 Å². The van der Waals surface area contributed by atoms with Gasteiger partial charge in [-0.3, -0.25) is 4.79 Å². The van der Waals surface area contributed by atoms with E-state index in [1.54, 1.807) is 11.3 Å². The molecule has 1 aliphatic rings. The topological polar surface area (TPSA) is 20.9 Å². The summed E-state index contributed by atoms with van der Waals surface area (Å²) in [4.78, 5) is 12.3. The molecule has 0 aliphatic heterocycles. The van der Waals surface area contributed by atoms with Crippen LogP contribution in [-0.4, -0.2) is 5.78 Å². The average Bonchev–Trinajstić information content (AvgIpc) is 2.97. The van der Waals surface area contributed by atoms with Crippen LogP contribution in [0.2, 0.25) is 0 Å². The lowest BCUT2D eigenvalue weighted by atomic mass is 9.93. The Morgan fingerprint density at radius 1 is 1.29 bits per heavy atom. The van der Waals surface area contributed by atoms with Crippen LogP contribution in [0.4, 0.5) is 0 Å². The number of aromatic nitrogens is 1. The molecule has 0 saturated heterocycles. The highest BCUT2D eigenvalue weighted by atomic mass is 79.9. The van der Waals surface area contributed by atoms with Crippen LogP contribution in [0.1, 0.15) is 41.2 Å². The van der Waals surface area contributed by atoms with E-state index in [9.17, 15) is 4.79 Å². The summed E-state index contributed by atoms with van der Waals surface area (Å²) >= 11 is 1.67. The molecule has 1 atom stereocenters. The van der Waals surface area contributed by atoms with Crippen LogP contribution < -0.4 is 21.5 Å². The van der Waals surface area contributed by atoms with Gasteiger partial charge in [-0.05, 0) is 19.3 Å².